The molecular formula is C89H98BBrF3N17O9. The molecule has 0 bridgehead atoms. The lowest BCUT2D eigenvalue weighted by atomic mass is 9.79. The van der Waals surface area contributed by atoms with Gasteiger partial charge in [0.15, 0.2) is 16.9 Å². The Bertz CT molecular complexity index is 5690. The summed E-state index contributed by atoms with van der Waals surface area (Å²) < 4.78 is 69.3. The topological polar surface area (TPSA) is 270 Å². The first-order chi connectivity index (χ1) is 56.9. The standard InChI is InChI=1S/C30H32FN5O3.C24H23FN6O.C21H31BN2O5.C14H12BrFN4/c1-30(2,3)39-29(38)16-21-15-28(37)35(19-21)24-10-8-22(9-11-24)25-17-32-26-12-13-27(33-36(25)26)34(4)18-20-6-5-7-23(31)14-20;1-29(14-16-3-2-4-18(25)11-16)23-10-9-22-27-13-21(31(22)28-23)17-5-7-20(8-6-17)30-15-19(26)12-24(30)32;1-19(2,3)27-18(26)23-15-12-17(25)24(13-15)16-10-8-14(9-11-16)22-28-20(4,5)21(6,7)29-22;1-19(9-10-3-2-4-11(16)7-10)14-6-5-13-17-8-12(15)20(13)18-14/h5-14,17,21H,15-16,18-19H2,1-4H3;2-11,13,19H,12,14-15,26H2,1H3;8-11,15H,12-13H2,1-7H3,(H,23,26);2-8H,9H2,1H3/t21-;19-;15-;/m100./s1. The summed E-state index contributed by atoms with van der Waals surface area (Å²) in [5.41, 5.74) is 15.6. The van der Waals surface area contributed by atoms with Gasteiger partial charge in [0.1, 0.15) is 50.7 Å². The summed E-state index contributed by atoms with van der Waals surface area (Å²) in [6, 6.07) is 53.7. The summed E-state index contributed by atoms with van der Waals surface area (Å²) >= 11 is 3.40. The maximum atomic E-state index is 13.6. The van der Waals surface area contributed by atoms with Crippen LogP contribution in [-0.2, 0) is 57.6 Å². The van der Waals surface area contributed by atoms with Crippen LogP contribution in [0.5, 0.6) is 0 Å². The van der Waals surface area contributed by atoms with Gasteiger partial charge in [-0.15, -0.1) is 15.3 Å². The third-order valence-corrected chi connectivity index (χ3v) is 21.4. The molecule has 0 aliphatic carbocycles. The van der Waals surface area contributed by atoms with Gasteiger partial charge in [0.05, 0.1) is 53.6 Å². The lowest BCUT2D eigenvalue weighted by Crippen LogP contribution is -2.41. The predicted octanol–water partition coefficient (Wildman–Crippen LogP) is 14.4. The van der Waals surface area contributed by atoms with Gasteiger partial charge in [-0.25, -0.2) is 46.5 Å². The van der Waals surface area contributed by atoms with E-state index in [2.05, 4.69) is 41.3 Å². The van der Waals surface area contributed by atoms with Crippen molar-refractivity contribution in [2.75, 3.05) is 70.2 Å². The zero-order chi connectivity index (χ0) is 85.7. The Labute approximate surface area is 703 Å². The number of esters is 1. The summed E-state index contributed by atoms with van der Waals surface area (Å²) in [5.74, 6) is 1.18. The summed E-state index contributed by atoms with van der Waals surface area (Å²) in [7, 11) is 5.31. The highest BCUT2D eigenvalue weighted by molar-refractivity contribution is 9.10. The molecule has 0 radical (unpaired) electrons. The van der Waals surface area contributed by atoms with E-state index in [-0.39, 0.29) is 72.0 Å². The van der Waals surface area contributed by atoms with Gasteiger partial charge in [-0.05, 0) is 222 Å². The second-order valence-corrected chi connectivity index (χ2v) is 34.2. The zero-order valence-corrected chi connectivity index (χ0v) is 71.0. The third-order valence-electron chi connectivity index (χ3n) is 20.9. The van der Waals surface area contributed by atoms with Crippen molar-refractivity contribution >= 4 is 110 Å². The molecule has 0 spiro atoms. The molecular weight excluding hydrogens is 1600 g/mol. The van der Waals surface area contributed by atoms with Crippen LogP contribution in [-0.4, -0.2) is 156 Å². The van der Waals surface area contributed by atoms with Crippen molar-refractivity contribution in [1.82, 2.24) is 49.1 Å². The van der Waals surface area contributed by atoms with Crippen molar-refractivity contribution < 1.29 is 55.9 Å². The van der Waals surface area contributed by atoms with Crippen molar-refractivity contribution in [2.45, 2.75) is 149 Å². The normalized spacial score (nSPS) is 16.9. The quantitative estimate of drug-likeness (QED) is 0.0597. The van der Waals surface area contributed by atoms with E-state index < -0.39 is 35.6 Å². The molecule has 3 N–H and O–H groups in total. The van der Waals surface area contributed by atoms with E-state index >= 15 is 0 Å². The Balaban J connectivity index is 0.000000141. The number of hydrogen-bond acceptors (Lipinski definition) is 19. The molecule has 4 aliphatic heterocycles. The smallest absolute Gasteiger partial charge is 0.460 e. The molecule has 31 heteroatoms. The molecule has 0 unspecified atom stereocenters. The maximum absolute atomic E-state index is 13.6. The van der Waals surface area contributed by atoms with Crippen LogP contribution < -0.4 is 45.9 Å². The van der Waals surface area contributed by atoms with Crippen LogP contribution in [0.15, 0.2) is 205 Å². The minimum absolute atomic E-state index is 0.00115. The molecule has 12 aromatic rings. The van der Waals surface area contributed by atoms with E-state index in [1.54, 1.807) is 85.8 Å². The average Bonchev–Trinajstić information content (AvgIpc) is 1.61. The van der Waals surface area contributed by atoms with Crippen molar-refractivity contribution in [3.63, 3.8) is 0 Å². The molecule has 4 amide bonds. The van der Waals surface area contributed by atoms with E-state index in [1.807, 2.05) is 212 Å². The van der Waals surface area contributed by atoms with Crippen molar-refractivity contribution in [3.8, 4) is 22.5 Å². The molecule has 16 rings (SSSR count). The number of amides is 4. The van der Waals surface area contributed by atoms with E-state index in [0.717, 1.165) is 95.1 Å². The number of nitrogens with two attached hydrogens (primary N) is 1. The Kier molecular flexibility index (Phi) is 25.6. The minimum Gasteiger partial charge on any atom is -0.460 e. The van der Waals surface area contributed by atoms with Crippen LogP contribution in [0, 0.1) is 23.4 Å². The number of ether oxygens (including phenoxy) is 2. The molecule has 4 aliphatic rings. The van der Waals surface area contributed by atoms with Crippen LogP contribution in [0.4, 0.5) is 52.5 Å². The van der Waals surface area contributed by atoms with Gasteiger partial charge in [0.2, 0.25) is 17.7 Å². The summed E-state index contributed by atoms with van der Waals surface area (Å²) in [4.78, 5) is 85.6. The molecule has 26 nitrogen and oxygen atoms in total. The zero-order valence-electron chi connectivity index (χ0n) is 69.4. The van der Waals surface area contributed by atoms with Gasteiger partial charge in [-0.1, -0.05) is 72.8 Å². The SMILES string of the molecule is CC(C)(C)OC(=O)N[C@H]1CC(=O)N(c2ccc(B3OC(C)(C)C(C)(C)O3)cc2)C1.CN(Cc1cccc(F)c1)c1ccc2ncc(-c3ccc(N4C[C@@H](CC(=O)OC(C)(C)C)CC4=O)cc3)n2n1.CN(Cc1cccc(F)c1)c1ccc2ncc(-c3ccc(N4C[C@@H](N)CC4=O)cc3)n2n1.CN(Cc1cccc(F)c1)c1ccc2ncc(Br)n2n1. The number of carbonyl (C=O) groups excluding carboxylic acids is 5. The van der Waals surface area contributed by atoms with E-state index in [9.17, 15) is 37.1 Å². The summed E-state index contributed by atoms with van der Waals surface area (Å²) in [5, 5.41) is 16.8. The molecule has 624 valence electrons. The number of halogens is 4. The van der Waals surface area contributed by atoms with Crippen LogP contribution in [0.1, 0.15) is 112 Å². The number of hydrogen-bond donors (Lipinski definition) is 2. The number of imidazole rings is 3. The number of carbonyl (C=O) groups is 5. The molecule has 6 aromatic heterocycles. The number of benzene rings is 6. The van der Waals surface area contributed by atoms with Gasteiger partial charge >= 0.3 is 19.2 Å². The molecule has 4 saturated heterocycles. The number of alkyl carbamates (subject to hydrolysis) is 1. The highest BCUT2D eigenvalue weighted by atomic mass is 79.9. The summed E-state index contributed by atoms with van der Waals surface area (Å²) in [6.07, 6.45) is 5.93. The Morgan fingerprint density at radius 2 is 0.908 bits per heavy atom. The predicted molar refractivity (Wildman–Crippen MR) is 461 cm³/mol. The van der Waals surface area contributed by atoms with Gasteiger partial charge in [-0.2, -0.15) is 0 Å². The van der Waals surface area contributed by atoms with Gasteiger partial charge in [-0.3, -0.25) is 19.2 Å². The third kappa shape index (κ3) is 21.1. The van der Waals surface area contributed by atoms with E-state index in [0.29, 0.717) is 57.8 Å². The second kappa shape index (κ2) is 35.9. The van der Waals surface area contributed by atoms with Crippen LogP contribution in [0.3, 0.4) is 0 Å². The maximum Gasteiger partial charge on any atom is 0.494 e. The Morgan fingerprint density at radius 3 is 1.33 bits per heavy atom. The van der Waals surface area contributed by atoms with Crippen LogP contribution in [0.25, 0.3) is 39.5 Å². The van der Waals surface area contributed by atoms with Crippen molar-refractivity contribution in [1.29, 1.82) is 0 Å². The number of aromatic nitrogens is 9. The number of anilines is 6. The fourth-order valence-electron chi connectivity index (χ4n) is 14.3. The first kappa shape index (κ1) is 85.8. The largest absolute Gasteiger partial charge is 0.494 e. The number of fused-ring (bicyclic) bond motifs is 3. The number of rotatable bonds is 18. The van der Waals surface area contributed by atoms with Gasteiger partial charge < -0.3 is 59.2 Å². The van der Waals surface area contributed by atoms with E-state index in [4.69, 9.17) is 34.7 Å². The molecule has 120 heavy (non-hydrogen) atoms. The Hall–Kier alpha value is -12.1. The van der Waals surface area contributed by atoms with Crippen molar-refractivity contribution in [3.05, 3.63) is 239 Å². The van der Waals surface area contributed by atoms with Gasteiger partial charge in [0.25, 0.3) is 0 Å². The Morgan fingerprint density at radius 1 is 0.517 bits per heavy atom. The highest BCUT2D eigenvalue weighted by Gasteiger charge is 2.52. The molecule has 6 aromatic carbocycles. The molecule has 10 heterocycles. The molecule has 4 fully saturated rings. The minimum atomic E-state index is -0.574. The molecule has 3 atom stereocenters. The monoisotopic (exact) mass is 1700 g/mol. The highest BCUT2D eigenvalue weighted by Crippen LogP contribution is 2.38. The number of nitrogens with one attached hydrogen (secondary N) is 1. The fraction of sp³-hybridized carbons (Fsp3) is 0.337. The van der Waals surface area contributed by atoms with Crippen LogP contribution >= 0.6 is 15.9 Å². The first-order valence-electron chi connectivity index (χ1n) is 39.6. The molecule has 0 saturated carbocycles. The fourth-order valence-corrected chi connectivity index (χ4v) is 14.6. The average molecular weight is 1700 g/mol. The van der Waals surface area contributed by atoms with Crippen molar-refractivity contribution in [2.24, 2.45) is 11.7 Å². The second-order valence-electron chi connectivity index (χ2n) is 33.4. The summed E-state index contributed by atoms with van der Waals surface area (Å²) in [6.45, 7) is 22.0. The lowest BCUT2D eigenvalue weighted by Gasteiger charge is -2.32. The van der Waals surface area contributed by atoms with E-state index in [1.165, 1.54) is 36.4 Å². The lowest BCUT2D eigenvalue weighted by molar-refractivity contribution is -0.155. The van der Waals surface area contributed by atoms with Crippen LogP contribution in [0.2, 0.25) is 0 Å². The first-order valence-corrected chi connectivity index (χ1v) is 40.3. The van der Waals surface area contributed by atoms with Gasteiger partial charge in [0, 0.05) is 114 Å². The number of nitrogens with zero attached hydrogens (tertiary/aromatic N) is 15.